The van der Waals surface area contributed by atoms with Crippen LogP contribution in [0.4, 0.5) is 4.39 Å². The summed E-state index contributed by atoms with van der Waals surface area (Å²) in [6.07, 6.45) is 5.51. The van der Waals surface area contributed by atoms with Gasteiger partial charge in [-0.1, -0.05) is 31.4 Å². The van der Waals surface area contributed by atoms with Crippen LogP contribution in [0.5, 0.6) is 0 Å². The van der Waals surface area contributed by atoms with Crippen molar-refractivity contribution in [3.63, 3.8) is 0 Å². The second-order valence-electron chi connectivity index (χ2n) is 5.13. The molecule has 0 radical (unpaired) electrons. The van der Waals surface area contributed by atoms with Crippen LogP contribution in [0.25, 0.3) is 0 Å². The molecule has 4 heteroatoms. The van der Waals surface area contributed by atoms with Crippen LogP contribution in [-0.4, -0.2) is 17.3 Å². The number of rotatable bonds is 3. The van der Waals surface area contributed by atoms with Crippen LogP contribution in [0, 0.1) is 5.82 Å². The Morgan fingerprint density at radius 2 is 2.11 bits per heavy atom. The van der Waals surface area contributed by atoms with E-state index in [2.05, 4.69) is 5.32 Å². The van der Waals surface area contributed by atoms with E-state index in [-0.39, 0.29) is 29.6 Å². The summed E-state index contributed by atoms with van der Waals surface area (Å²) in [5, 5.41) is 3.00. The Kier molecular flexibility index (Phi) is 5.20. The van der Waals surface area contributed by atoms with Gasteiger partial charge >= 0.3 is 0 Å². The molecule has 0 bridgehead atoms. The van der Waals surface area contributed by atoms with Gasteiger partial charge in [0.25, 0.3) is 0 Å². The average Bonchev–Trinajstić information content (AvgIpc) is 2.55. The molecule has 1 aliphatic rings. The smallest absolute Gasteiger partial charge is 0.224 e. The van der Waals surface area contributed by atoms with Gasteiger partial charge in [-0.2, -0.15) is 0 Å². The van der Waals surface area contributed by atoms with Crippen molar-refractivity contribution in [2.45, 2.75) is 49.9 Å². The number of hydrogen-bond acceptors (Lipinski definition) is 1. The van der Waals surface area contributed by atoms with Crippen molar-refractivity contribution in [1.29, 1.82) is 0 Å². The first kappa shape index (κ1) is 14.3. The van der Waals surface area contributed by atoms with Crippen molar-refractivity contribution in [3.8, 4) is 0 Å². The third kappa shape index (κ3) is 4.50. The lowest BCUT2D eigenvalue weighted by molar-refractivity contribution is -0.121. The second-order valence-corrected chi connectivity index (χ2v) is 5.70. The summed E-state index contributed by atoms with van der Waals surface area (Å²) in [5.41, 5.74) is 0.692. The number of hydrogen-bond donors (Lipinski definition) is 1. The summed E-state index contributed by atoms with van der Waals surface area (Å²) < 4.78 is 13.0. The molecule has 0 aliphatic heterocycles. The summed E-state index contributed by atoms with van der Waals surface area (Å²) >= 11 is 6.28. The molecule has 0 aromatic heterocycles. The first-order valence-electron chi connectivity index (χ1n) is 6.83. The highest BCUT2D eigenvalue weighted by atomic mass is 35.5. The minimum Gasteiger partial charge on any atom is -0.352 e. The highest BCUT2D eigenvalue weighted by Gasteiger charge is 2.23. The van der Waals surface area contributed by atoms with Crippen molar-refractivity contribution in [2.24, 2.45) is 0 Å². The molecule has 2 atom stereocenters. The molecule has 0 saturated heterocycles. The fourth-order valence-electron chi connectivity index (χ4n) is 2.52. The van der Waals surface area contributed by atoms with Crippen LogP contribution in [0.1, 0.15) is 37.7 Å². The van der Waals surface area contributed by atoms with E-state index in [1.165, 1.54) is 18.6 Å². The number of carbonyl (C=O) groups excluding carboxylic acids is 1. The van der Waals surface area contributed by atoms with E-state index in [1.807, 2.05) is 0 Å². The van der Waals surface area contributed by atoms with E-state index in [4.69, 9.17) is 11.6 Å². The van der Waals surface area contributed by atoms with Crippen molar-refractivity contribution < 1.29 is 9.18 Å². The standard InChI is InChI=1S/C15H19ClFNO/c16-13-7-2-1-3-8-14(13)18-15(19)10-11-5-4-6-12(17)9-11/h4-6,9,13-14H,1-3,7-8,10H2,(H,18,19). The molecule has 2 unspecified atom stereocenters. The van der Waals surface area contributed by atoms with Crippen LogP contribution in [0.2, 0.25) is 0 Å². The molecule has 2 rings (SSSR count). The SMILES string of the molecule is O=C(Cc1cccc(F)c1)NC1CCCCCC1Cl. The molecule has 104 valence electrons. The first-order chi connectivity index (χ1) is 9.15. The largest absolute Gasteiger partial charge is 0.352 e. The van der Waals surface area contributed by atoms with Gasteiger partial charge in [-0.3, -0.25) is 4.79 Å². The molecule has 19 heavy (non-hydrogen) atoms. The number of halogens is 2. The zero-order valence-electron chi connectivity index (χ0n) is 10.9. The number of carbonyl (C=O) groups is 1. The minimum atomic E-state index is -0.310. The molecule has 1 saturated carbocycles. The van der Waals surface area contributed by atoms with Crippen molar-refractivity contribution in [1.82, 2.24) is 5.32 Å². The Balaban J connectivity index is 1.89. The monoisotopic (exact) mass is 283 g/mol. The Morgan fingerprint density at radius 1 is 1.32 bits per heavy atom. The quantitative estimate of drug-likeness (QED) is 0.668. The molecule has 1 fully saturated rings. The van der Waals surface area contributed by atoms with Gasteiger partial charge in [0.15, 0.2) is 0 Å². The maximum atomic E-state index is 13.0. The number of nitrogens with one attached hydrogen (secondary N) is 1. The van der Waals surface area contributed by atoms with Crippen molar-refractivity contribution in [2.75, 3.05) is 0 Å². The average molecular weight is 284 g/mol. The number of alkyl halides is 1. The molecule has 2 nitrogen and oxygen atoms in total. The molecule has 1 amide bonds. The summed E-state index contributed by atoms with van der Waals surface area (Å²) in [4.78, 5) is 12.0. The number of benzene rings is 1. The molecule has 1 aromatic rings. The van der Waals surface area contributed by atoms with Crippen LogP contribution in [0.15, 0.2) is 24.3 Å². The summed E-state index contributed by atoms with van der Waals surface area (Å²) in [6.45, 7) is 0. The van der Waals surface area contributed by atoms with E-state index in [0.29, 0.717) is 5.56 Å². The van der Waals surface area contributed by atoms with Crippen molar-refractivity contribution >= 4 is 17.5 Å². The van der Waals surface area contributed by atoms with Crippen molar-refractivity contribution in [3.05, 3.63) is 35.6 Å². The molecule has 1 aliphatic carbocycles. The maximum absolute atomic E-state index is 13.0. The predicted octanol–water partition coefficient (Wildman–Crippen LogP) is 3.42. The Hall–Kier alpha value is -1.09. The van der Waals surface area contributed by atoms with E-state index in [1.54, 1.807) is 12.1 Å². The van der Waals surface area contributed by atoms with Gasteiger partial charge < -0.3 is 5.32 Å². The fraction of sp³-hybridized carbons (Fsp3) is 0.533. The topological polar surface area (TPSA) is 29.1 Å². The lowest BCUT2D eigenvalue weighted by atomic mass is 10.1. The first-order valence-corrected chi connectivity index (χ1v) is 7.26. The van der Waals surface area contributed by atoms with Gasteiger partial charge in [0.2, 0.25) is 5.91 Å². The third-order valence-corrected chi connectivity index (χ3v) is 4.05. The lowest BCUT2D eigenvalue weighted by Crippen LogP contribution is -2.41. The number of amides is 1. The Bertz CT molecular complexity index is 438. The maximum Gasteiger partial charge on any atom is 0.224 e. The van der Waals surface area contributed by atoms with Crippen LogP contribution >= 0.6 is 11.6 Å². The van der Waals surface area contributed by atoms with E-state index in [0.717, 1.165) is 25.7 Å². The van der Waals surface area contributed by atoms with E-state index >= 15 is 0 Å². The van der Waals surface area contributed by atoms with Crippen LogP contribution < -0.4 is 5.32 Å². The molecule has 1 aromatic carbocycles. The molecule has 0 heterocycles. The predicted molar refractivity (Wildman–Crippen MR) is 74.8 cm³/mol. The highest BCUT2D eigenvalue weighted by molar-refractivity contribution is 6.21. The van der Waals surface area contributed by atoms with Crippen LogP contribution in [0.3, 0.4) is 0 Å². The Morgan fingerprint density at radius 3 is 2.89 bits per heavy atom. The molecule has 1 N–H and O–H groups in total. The van der Waals surface area contributed by atoms with Crippen LogP contribution in [-0.2, 0) is 11.2 Å². The fourth-order valence-corrected chi connectivity index (χ4v) is 2.86. The summed E-state index contributed by atoms with van der Waals surface area (Å²) in [7, 11) is 0. The van der Waals surface area contributed by atoms with Gasteiger partial charge in [0.1, 0.15) is 5.82 Å². The second kappa shape index (κ2) is 6.90. The molecular formula is C15H19ClFNO. The van der Waals surface area contributed by atoms with Gasteiger partial charge in [-0.05, 0) is 30.5 Å². The van der Waals surface area contributed by atoms with E-state index in [9.17, 15) is 9.18 Å². The van der Waals surface area contributed by atoms with E-state index < -0.39 is 0 Å². The highest BCUT2D eigenvalue weighted by Crippen LogP contribution is 2.22. The summed E-state index contributed by atoms with van der Waals surface area (Å²) in [5.74, 6) is -0.391. The lowest BCUT2D eigenvalue weighted by Gasteiger charge is -2.21. The molecular weight excluding hydrogens is 265 g/mol. The normalized spacial score (nSPS) is 23.7. The Labute approximate surface area is 118 Å². The van der Waals surface area contributed by atoms with Gasteiger partial charge in [-0.15, -0.1) is 11.6 Å². The zero-order chi connectivity index (χ0) is 13.7. The summed E-state index contributed by atoms with van der Waals surface area (Å²) in [6, 6.07) is 6.19. The van der Waals surface area contributed by atoms with Gasteiger partial charge in [0, 0.05) is 6.04 Å². The molecule has 0 spiro atoms. The zero-order valence-corrected chi connectivity index (χ0v) is 11.6. The minimum absolute atomic E-state index is 0.0129. The van der Waals surface area contributed by atoms with Gasteiger partial charge in [-0.25, -0.2) is 4.39 Å². The third-order valence-electron chi connectivity index (χ3n) is 3.53. The van der Waals surface area contributed by atoms with Gasteiger partial charge in [0.05, 0.1) is 11.8 Å².